The van der Waals surface area contributed by atoms with Gasteiger partial charge in [-0.05, 0) is 23.8 Å². The molecule has 1 N–H and O–H groups in total. The molecule has 2 aromatic carbocycles. The Kier molecular flexibility index (Phi) is 4.73. The van der Waals surface area contributed by atoms with Crippen molar-refractivity contribution in [3.05, 3.63) is 65.8 Å². The molecule has 0 unspecified atom stereocenters. The standard InChI is InChI=1S/C19H16N4OS2/c1-23-11-13(14-6-2-4-8-16(14)23)10-18(24)21-15-7-3-5-9-17(15)26-19-22-20-12-25-19/h2-9,11-12H,10H2,1H3,(H,21,24). The minimum absolute atomic E-state index is 0.0355. The highest BCUT2D eigenvalue weighted by Crippen LogP contribution is 2.34. The summed E-state index contributed by atoms with van der Waals surface area (Å²) in [6.07, 6.45) is 2.35. The van der Waals surface area contributed by atoms with Gasteiger partial charge in [0.1, 0.15) is 5.51 Å². The van der Waals surface area contributed by atoms with E-state index in [1.807, 2.05) is 49.6 Å². The Morgan fingerprint density at radius 1 is 1.19 bits per heavy atom. The molecule has 2 aromatic heterocycles. The Bertz CT molecular complexity index is 1060. The number of benzene rings is 2. The summed E-state index contributed by atoms with van der Waals surface area (Å²) in [6, 6.07) is 15.9. The van der Waals surface area contributed by atoms with E-state index in [4.69, 9.17) is 0 Å². The quantitative estimate of drug-likeness (QED) is 0.559. The fraction of sp³-hybridized carbons (Fsp3) is 0.105. The lowest BCUT2D eigenvalue weighted by Crippen LogP contribution is -2.14. The monoisotopic (exact) mass is 380 g/mol. The summed E-state index contributed by atoms with van der Waals surface area (Å²) in [5.41, 5.74) is 4.64. The van der Waals surface area contributed by atoms with E-state index in [1.165, 1.54) is 23.1 Å². The fourth-order valence-electron chi connectivity index (χ4n) is 2.89. The molecule has 7 heteroatoms. The van der Waals surface area contributed by atoms with Crippen molar-refractivity contribution >= 4 is 45.6 Å². The first-order valence-corrected chi connectivity index (χ1v) is 9.76. The third-order valence-electron chi connectivity index (χ3n) is 4.03. The molecule has 0 aliphatic rings. The SMILES string of the molecule is Cn1cc(CC(=O)Nc2ccccc2Sc2nncs2)c2ccccc21. The van der Waals surface area contributed by atoms with E-state index in [1.54, 1.807) is 5.51 Å². The molecule has 0 atom stereocenters. The molecule has 0 spiro atoms. The molecule has 5 nitrogen and oxygen atoms in total. The molecule has 1 amide bonds. The maximum atomic E-state index is 12.6. The van der Waals surface area contributed by atoms with E-state index in [0.717, 1.165) is 31.4 Å². The maximum Gasteiger partial charge on any atom is 0.228 e. The fourth-order valence-corrected chi connectivity index (χ4v) is 4.42. The number of anilines is 1. The zero-order valence-corrected chi connectivity index (χ0v) is 15.7. The summed E-state index contributed by atoms with van der Waals surface area (Å²) in [4.78, 5) is 13.6. The van der Waals surface area contributed by atoms with Crippen LogP contribution in [0.5, 0.6) is 0 Å². The van der Waals surface area contributed by atoms with Crippen LogP contribution in [-0.2, 0) is 18.3 Å². The first-order chi connectivity index (χ1) is 12.7. The molecule has 0 saturated carbocycles. The number of amides is 1. The van der Waals surface area contributed by atoms with Crippen LogP contribution in [0.25, 0.3) is 10.9 Å². The Hall–Kier alpha value is -2.64. The van der Waals surface area contributed by atoms with Crippen molar-refractivity contribution in [2.75, 3.05) is 5.32 Å². The number of carbonyl (C=O) groups is 1. The van der Waals surface area contributed by atoms with Gasteiger partial charge < -0.3 is 9.88 Å². The number of aryl methyl sites for hydroxylation is 1. The first kappa shape index (κ1) is 16.8. The minimum atomic E-state index is -0.0355. The summed E-state index contributed by atoms with van der Waals surface area (Å²) in [6.45, 7) is 0. The van der Waals surface area contributed by atoms with Crippen LogP contribution in [0.1, 0.15) is 5.56 Å². The molecule has 0 bridgehead atoms. The molecule has 0 fully saturated rings. The van der Waals surface area contributed by atoms with E-state index in [2.05, 4.69) is 32.2 Å². The molecule has 0 saturated heterocycles. The van der Waals surface area contributed by atoms with Gasteiger partial charge in [-0.1, -0.05) is 53.4 Å². The number of hydrogen-bond acceptors (Lipinski definition) is 5. The Morgan fingerprint density at radius 2 is 2.00 bits per heavy atom. The van der Waals surface area contributed by atoms with Crippen LogP contribution < -0.4 is 5.32 Å². The number of fused-ring (bicyclic) bond motifs is 1. The third kappa shape index (κ3) is 3.49. The number of nitrogens with one attached hydrogen (secondary N) is 1. The van der Waals surface area contributed by atoms with Gasteiger partial charge in [0.05, 0.1) is 12.1 Å². The van der Waals surface area contributed by atoms with Gasteiger partial charge in [-0.25, -0.2) is 0 Å². The molecular weight excluding hydrogens is 364 g/mol. The van der Waals surface area contributed by atoms with Gasteiger partial charge >= 0.3 is 0 Å². The highest BCUT2D eigenvalue weighted by molar-refractivity contribution is 8.01. The Labute approximate surface area is 159 Å². The van der Waals surface area contributed by atoms with Crippen molar-refractivity contribution in [3.63, 3.8) is 0 Å². The summed E-state index contributed by atoms with van der Waals surface area (Å²) < 4.78 is 2.90. The van der Waals surface area contributed by atoms with Gasteiger partial charge in [0.25, 0.3) is 0 Å². The van der Waals surface area contributed by atoms with Gasteiger partial charge in [-0.3, -0.25) is 4.79 Å². The van der Waals surface area contributed by atoms with Crippen molar-refractivity contribution in [2.24, 2.45) is 7.05 Å². The van der Waals surface area contributed by atoms with Crippen LogP contribution in [0.15, 0.2) is 69.5 Å². The molecule has 4 aromatic rings. The molecule has 26 heavy (non-hydrogen) atoms. The van der Waals surface area contributed by atoms with Gasteiger partial charge in [-0.15, -0.1) is 10.2 Å². The molecule has 0 radical (unpaired) electrons. The second kappa shape index (κ2) is 7.31. The number of aromatic nitrogens is 3. The van der Waals surface area contributed by atoms with Crippen molar-refractivity contribution in [1.82, 2.24) is 14.8 Å². The lowest BCUT2D eigenvalue weighted by atomic mass is 10.1. The lowest BCUT2D eigenvalue weighted by molar-refractivity contribution is -0.115. The largest absolute Gasteiger partial charge is 0.350 e. The third-order valence-corrected chi connectivity index (χ3v) is 5.88. The average molecular weight is 380 g/mol. The predicted molar refractivity (Wildman–Crippen MR) is 106 cm³/mol. The predicted octanol–water partition coefficient (Wildman–Crippen LogP) is 4.36. The number of para-hydroxylation sites is 2. The minimum Gasteiger partial charge on any atom is -0.350 e. The molecular formula is C19H16N4OS2. The summed E-state index contributed by atoms with van der Waals surface area (Å²) in [5.74, 6) is -0.0355. The van der Waals surface area contributed by atoms with Crippen molar-refractivity contribution < 1.29 is 4.79 Å². The maximum absolute atomic E-state index is 12.6. The highest BCUT2D eigenvalue weighted by atomic mass is 32.2. The van der Waals surface area contributed by atoms with Crippen LogP contribution in [0, 0.1) is 0 Å². The van der Waals surface area contributed by atoms with Gasteiger partial charge in [-0.2, -0.15) is 0 Å². The van der Waals surface area contributed by atoms with E-state index in [0.29, 0.717) is 6.42 Å². The highest BCUT2D eigenvalue weighted by Gasteiger charge is 2.13. The molecule has 2 heterocycles. The molecule has 4 rings (SSSR count). The van der Waals surface area contributed by atoms with Crippen molar-refractivity contribution in [3.8, 4) is 0 Å². The second-order valence-corrected chi connectivity index (χ2v) is 7.93. The number of rotatable bonds is 5. The number of carbonyl (C=O) groups excluding carboxylic acids is 1. The van der Waals surface area contributed by atoms with Crippen molar-refractivity contribution in [2.45, 2.75) is 15.7 Å². The normalized spacial score (nSPS) is 11.0. The Balaban J connectivity index is 1.53. The van der Waals surface area contributed by atoms with E-state index >= 15 is 0 Å². The topological polar surface area (TPSA) is 59.8 Å². The lowest BCUT2D eigenvalue weighted by Gasteiger charge is -2.09. The summed E-state index contributed by atoms with van der Waals surface area (Å²) in [5, 5.41) is 12.1. The average Bonchev–Trinajstić information content (AvgIpc) is 3.26. The first-order valence-electron chi connectivity index (χ1n) is 8.06. The number of nitrogens with zero attached hydrogens (tertiary/aromatic N) is 3. The van der Waals surface area contributed by atoms with Gasteiger partial charge in [0.15, 0.2) is 4.34 Å². The van der Waals surface area contributed by atoms with Crippen LogP contribution in [0.4, 0.5) is 5.69 Å². The van der Waals surface area contributed by atoms with E-state index in [-0.39, 0.29) is 5.91 Å². The zero-order valence-electron chi connectivity index (χ0n) is 14.0. The van der Waals surface area contributed by atoms with E-state index in [9.17, 15) is 4.79 Å². The van der Waals surface area contributed by atoms with Crippen LogP contribution in [-0.4, -0.2) is 20.7 Å². The smallest absolute Gasteiger partial charge is 0.228 e. The zero-order chi connectivity index (χ0) is 17.9. The Morgan fingerprint density at radius 3 is 2.85 bits per heavy atom. The van der Waals surface area contributed by atoms with Gasteiger partial charge in [0.2, 0.25) is 5.91 Å². The van der Waals surface area contributed by atoms with Crippen LogP contribution in [0.2, 0.25) is 0 Å². The number of hydrogen-bond donors (Lipinski definition) is 1. The van der Waals surface area contributed by atoms with Crippen molar-refractivity contribution in [1.29, 1.82) is 0 Å². The van der Waals surface area contributed by atoms with E-state index < -0.39 is 0 Å². The van der Waals surface area contributed by atoms with Gasteiger partial charge in [0, 0.05) is 29.0 Å². The molecule has 0 aliphatic carbocycles. The van der Waals surface area contributed by atoms with Crippen LogP contribution >= 0.6 is 23.1 Å². The summed E-state index contributed by atoms with van der Waals surface area (Å²) >= 11 is 2.98. The summed E-state index contributed by atoms with van der Waals surface area (Å²) in [7, 11) is 2.00. The molecule has 0 aliphatic heterocycles. The molecule has 130 valence electrons. The van der Waals surface area contributed by atoms with Crippen LogP contribution in [0.3, 0.4) is 0 Å². The second-order valence-electron chi connectivity index (χ2n) is 5.81.